The van der Waals surface area contributed by atoms with Crippen LogP contribution in [-0.4, -0.2) is 41.9 Å². The second-order valence-corrected chi connectivity index (χ2v) is 8.99. The molecular weight excluding hydrogens is 390 g/mol. The molecule has 4 rings (SSSR count). The van der Waals surface area contributed by atoms with Crippen molar-refractivity contribution in [3.05, 3.63) is 58.7 Å². The first-order chi connectivity index (χ1) is 14.8. The number of Topliss-reactive ketones (excluding diaryl/α,β-unsaturated/α-hetero) is 1. The second kappa shape index (κ2) is 8.74. The van der Waals surface area contributed by atoms with Gasteiger partial charge < -0.3 is 14.4 Å². The monoisotopic (exact) mass is 421 g/mol. The Morgan fingerprint density at radius 3 is 2.48 bits per heavy atom. The van der Waals surface area contributed by atoms with Crippen LogP contribution in [0.25, 0.3) is 0 Å². The van der Waals surface area contributed by atoms with Gasteiger partial charge in [0.2, 0.25) is 5.91 Å². The fraction of sp³-hybridized carbons (Fsp3) is 0.462. The smallest absolute Gasteiger partial charge is 0.222 e. The Labute approximate surface area is 184 Å². The molecule has 1 fully saturated rings. The fourth-order valence-corrected chi connectivity index (χ4v) is 4.59. The van der Waals surface area contributed by atoms with Gasteiger partial charge in [0.25, 0.3) is 0 Å². The summed E-state index contributed by atoms with van der Waals surface area (Å²) < 4.78 is 12.1. The second-order valence-electron chi connectivity index (χ2n) is 8.99. The number of nitrogens with zero attached hydrogens (tertiary/aromatic N) is 1. The molecule has 31 heavy (non-hydrogen) atoms. The number of hydrogen-bond acceptors (Lipinski definition) is 4. The summed E-state index contributed by atoms with van der Waals surface area (Å²) in [5.74, 6) is 1.87. The minimum Gasteiger partial charge on any atom is -0.494 e. The van der Waals surface area contributed by atoms with Crippen LogP contribution in [0.1, 0.15) is 59.2 Å². The average molecular weight is 422 g/mol. The molecule has 0 radical (unpaired) electrons. The lowest BCUT2D eigenvalue weighted by molar-refractivity contribution is -0.135. The maximum atomic E-state index is 12.8. The van der Waals surface area contributed by atoms with Crippen LogP contribution >= 0.6 is 0 Å². The minimum absolute atomic E-state index is 0.150. The van der Waals surface area contributed by atoms with Gasteiger partial charge in [-0.15, -0.1) is 0 Å². The Bertz CT molecular complexity index is 972. The topological polar surface area (TPSA) is 55.8 Å². The molecule has 0 N–H and O–H groups in total. The number of hydrogen-bond donors (Lipinski definition) is 0. The highest BCUT2D eigenvalue weighted by atomic mass is 16.5. The summed E-state index contributed by atoms with van der Waals surface area (Å²) in [4.78, 5) is 27.4. The lowest BCUT2D eigenvalue weighted by atomic mass is 9.81. The number of piperidine rings is 1. The minimum atomic E-state index is -0.477. The van der Waals surface area contributed by atoms with Crippen molar-refractivity contribution in [3.63, 3.8) is 0 Å². The summed E-state index contributed by atoms with van der Waals surface area (Å²) in [5.41, 5.74) is 3.51. The van der Waals surface area contributed by atoms with Gasteiger partial charge in [-0.1, -0.05) is 23.8 Å². The largest absolute Gasteiger partial charge is 0.494 e. The molecule has 0 bridgehead atoms. The molecule has 2 aromatic rings. The van der Waals surface area contributed by atoms with Crippen LogP contribution in [0.15, 0.2) is 36.4 Å². The fourth-order valence-electron chi connectivity index (χ4n) is 4.59. The number of rotatable bonds is 5. The standard InChI is InChI=1S/C26H31NO4/c1-18-6-8-21(9-7-18)30-14-4-5-24(29)27-12-10-26(11-13-27)17-23(28)22-16-19(2)15-20(3)25(22)31-26/h6-9,15-16H,4-5,10-14,17H2,1-3H3. The van der Waals surface area contributed by atoms with E-state index in [1.807, 2.05) is 56.0 Å². The molecule has 164 valence electrons. The maximum absolute atomic E-state index is 12.8. The molecule has 0 atom stereocenters. The first-order valence-corrected chi connectivity index (χ1v) is 11.2. The zero-order chi connectivity index (χ0) is 22.0. The number of amides is 1. The molecule has 2 aliphatic heterocycles. The molecule has 1 saturated heterocycles. The van der Waals surface area contributed by atoms with E-state index in [0.717, 1.165) is 22.6 Å². The molecule has 2 heterocycles. The van der Waals surface area contributed by atoms with E-state index >= 15 is 0 Å². The molecule has 0 aromatic heterocycles. The summed E-state index contributed by atoms with van der Waals surface area (Å²) in [7, 11) is 0. The van der Waals surface area contributed by atoms with E-state index in [9.17, 15) is 9.59 Å². The third-order valence-corrected chi connectivity index (χ3v) is 6.37. The Morgan fingerprint density at radius 1 is 1.06 bits per heavy atom. The Morgan fingerprint density at radius 2 is 1.77 bits per heavy atom. The number of ketones is 1. The van der Waals surface area contributed by atoms with Gasteiger partial charge in [-0.2, -0.15) is 0 Å². The van der Waals surface area contributed by atoms with Crippen molar-refractivity contribution >= 4 is 11.7 Å². The van der Waals surface area contributed by atoms with Crippen LogP contribution in [0.5, 0.6) is 11.5 Å². The summed E-state index contributed by atoms with van der Waals surface area (Å²) in [6.45, 7) is 7.83. The highest BCUT2D eigenvalue weighted by Gasteiger charge is 2.44. The van der Waals surface area contributed by atoms with Crippen molar-refractivity contribution < 1.29 is 19.1 Å². The lowest BCUT2D eigenvalue weighted by Crippen LogP contribution is -2.52. The van der Waals surface area contributed by atoms with Crippen molar-refractivity contribution in [2.24, 2.45) is 0 Å². The first-order valence-electron chi connectivity index (χ1n) is 11.2. The van der Waals surface area contributed by atoms with Crippen molar-refractivity contribution in [1.29, 1.82) is 0 Å². The highest BCUT2D eigenvalue weighted by Crippen LogP contribution is 2.41. The third kappa shape index (κ3) is 4.76. The van der Waals surface area contributed by atoms with E-state index in [1.165, 1.54) is 5.56 Å². The number of carbonyl (C=O) groups is 2. The number of aryl methyl sites for hydroxylation is 3. The summed E-state index contributed by atoms with van der Waals surface area (Å²) in [6.07, 6.45) is 2.94. The van der Waals surface area contributed by atoms with Crippen LogP contribution in [-0.2, 0) is 4.79 Å². The van der Waals surface area contributed by atoms with Crippen molar-refractivity contribution in [2.75, 3.05) is 19.7 Å². The van der Waals surface area contributed by atoms with Gasteiger partial charge in [0.1, 0.15) is 17.1 Å². The van der Waals surface area contributed by atoms with Gasteiger partial charge in [0.05, 0.1) is 18.6 Å². The molecular formula is C26H31NO4. The lowest BCUT2D eigenvalue weighted by Gasteiger charge is -2.44. The number of carbonyl (C=O) groups excluding carboxylic acids is 2. The summed E-state index contributed by atoms with van der Waals surface area (Å²) in [6, 6.07) is 11.9. The molecule has 0 unspecified atom stereocenters. The van der Waals surface area contributed by atoms with E-state index in [1.54, 1.807) is 0 Å². The Hall–Kier alpha value is -2.82. The van der Waals surface area contributed by atoms with E-state index in [4.69, 9.17) is 9.47 Å². The first kappa shape index (κ1) is 21.4. The predicted octanol–water partition coefficient (Wildman–Crippen LogP) is 4.80. The van der Waals surface area contributed by atoms with E-state index in [0.29, 0.717) is 57.4 Å². The van der Waals surface area contributed by atoms with E-state index in [2.05, 4.69) is 6.07 Å². The van der Waals surface area contributed by atoms with Crippen LogP contribution in [0, 0.1) is 20.8 Å². The molecule has 1 amide bonds. The number of fused-ring (bicyclic) bond motifs is 1. The normalized spacial score (nSPS) is 17.3. The summed E-state index contributed by atoms with van der Waals surface area (Å²) in [5, 5.41) is 0. The van der Waals surface area contributed by atoms with Crippen LogP contribution < -0.4 is 9.47 Å². The van der Waals surface area contributed by atoms with Gasteiger partial charge in [0.15, 0.2) is 5.78 Å². The third-order valence-electron chi connectivity index (χ3n) is 6.37. The van der Waals surface area contributed by atoms with Gasteiger partial charge in [-0.05, 0) is 56.5 Å². The van der Waals surface area contributed by atoms with Gasteiger partial charge in [-0.25, -0.2) is 0 Å². The van der Waals surface area contributed by atoms with Gasteiger partial charge in [0, 0.05) is 32.4 Å². The molecule has 1 spiro atoms. The number of ether oxygens (including phenoxy) is 2. The average Bonchev–Trinajstić information content (AvgIpc) is 2.74. The van der Waals surface area contributed by atoms with Gasteiger partial charge in [-0.3, -0.25) is 9.59 Å². The van der Waals surface area contributed by atoms with Crippen LogP contribution in [0.2, 0.25) is 0 Å². The molecule has 2 aliphatic rings. The number of likely N-dealkylation sites (tertiary alicyclic amines) is 1. The van der Waals surface area contributed by atoms with Crippen LogP contribution in [0.4, 0.5) is 0 Å². The number of benzene rings is 2. The molecule has 0 aliphatic carbocycles. The SMILES string of the molecule is Cc1ccc(OCCCC(=O)N2CCC3(CC2)CC(=O)c2cc(C)cc(C)c2O3)cc1. The zero-order valence-electron chi connectivity index (χ0n) is 18.7. The highest BCUT2D eigenvalue weighted by molar-refractivity contribution is 6.01. The van der Waals surface area contributed by atoms with Crippen molar-refractivity contribution in [3.8, 4) is 11.5 Å². The zero-order valence-corrected chi connectivity index (χ0v) is 18.7. The molecule has 5 nitrogen and oxygen atoms in total. The van der Waals surface area contributed by atoms with Crippen molar-refractivity contribution in [1.82, 2.24) is 4.90 Å². The van der Waals surface area contributed by atoms with Gasteiger partial charge >= 0.3 is 0 Å². The maximum Gasteiger partial charge on any atom is 0.222 e. The Kier molecular flexibility index (Phi) is 6.03. The quantitative estimate of drug-likeness (QED) is 0.651. The molecule has 0 saturated carbocycles. The molecule has 2 aromatic carbocycles. The summed E-state index contributed by atoms with van der Waals surface area (Å²) >= 11 is 0. The molecule has 5 heteroatoms. The van der Waals surface area contributed by atoms with Crippen LogP contribution in [0.3, 0.4) is 0 Å². The van der Waals surface area contributed by atoms with Crippen molar-refractivity contribution in [2.45, 2.75) is 58.5 Å². The van der Waals surface area contributed by atoms with E-state index < -0.39 is 5.60 Å². The van der Waals surface area contributed by atoms with E-state index in [-0.39, 0.29) is 11.7 Å². The Balaban J connectivity index is 1.27. The predicted molar refractivity (Wildman–Crippen MR) is 120 cm³/mol.